The van der Waals surface area contributed by atoms with Crippen LogP contribution in [0.15, 0.2) is 29.3 Å². The molecule has 2 saturated carbocycles. The van der Waals surface area contributed by atoms with E-state index < -0.39 is 10.8 Å². The van der Waals surface area contributed by atoms with Crippen molar-refractivity contribution in [2.24, 2.45) is 4.99 Å². The number of rotatable bonds is 10. The number of carbonyl (C=O) groups excluding carboxylic acids is 1. The Balaban J connectivity index is 0.00000363. The number of hydrogen-bond acceptors (Lipinski definition) is 4. The highest BCUT2D eigenvalue weighted by molar-refractivity contribution is 14.0. The third kappa shape index (κ3) is 9.25. The quantitative estimate of drug-likeness (QED) is 0.227. The fourth-order valence-electron chi connectivity index (χ4n) is 3.86. The standard InChI is InChI=1S/C23H36N4O3S.HI/c1-3-31(29)21-6-4-5-19(15-21)27-23(24-2)25-14-13-17-7-11-20(12-8-17)30-16-22(28)26-18-9-10-18;/h7-8,11-12,18-19,21H,3-6,9-10,13-16H2,1-2H3,(H,26,28)(H2,24,25,27);1H. The second kappa shape index (κ2) is 14.0. The van der Waals surface area contributed by atoms with Crippen LogP contribution in [0.4, 0.5) is 0 Å². The summed E-state index contributed by atoms with van der Waals surface area (Å²) in [7, 11) is 1.06. The van der Waals surface area contributed by atoms with Crippen LogP contribution in [0, 0.1) is 0 Å². The fraction of sp³-hybridized carbons (Fsp3) is 0.652. The summed E-state index contributed by atoms with van der Waals surface area (Å²) in [6.07, 6.45) is 7.23. The average Bonchev–Trinajstić information content (AvgIpc) is 3.61. The highest BCUT2D eigenvalue weighted by atomic mass is 127. The van der Waals surface area contributed by atoms with Gasteiger partial charge in [0.1, 0.15) is 5.75 Å². The third-order valence-corrected chi connectivity index (χ3v) is 7.53. The van der Waals surface area contributed by atoms with Crippen molar-refractivity contribution >= 4 is 46.6 Å². The molecule has 3 unspecified atom stereocenters. The lowest BCUT2D eigenvalue weighted by Crippen LogP contribution is -2.47. The van der Waals surface area contributed by atoms with Gasteiger partial charge >= 0.3 is 0 Å². The Labute approximate surface area is 211 Å². The monoisotopic (exact) mass is 576 g/mol. The Hall–Kier alpha value is -1.36. The number of halogens is 1. The largest absolute Gasteiger partial charge is 0.484 e. The second-order valence-corrected chi connectivity index (χ2v) is 10.3. The van der Waals surface area contributed by atoms with Gasteiger partial charge in [0.2, 0.25) is 0 Å². The first-order valence-corrected chi connectivity index (χ1v) is 12.8. The van der Waals surface area contributed by atoms with Crippen LogP contribution in [0.5, 0.6) is 5.75 Å². The maximum absolute atomic E-state index is 12.1. The van der Waals surface area contributed by atoms with E-state index >= 15 is 0 Å². The lowest BCUT2D eigenvalue weighted by atomic mass is 9.95. The average molecular weight is 577 g/mol. The van der Waals surface area contributed by atoms with Crippen LogP contribution in [-0.2, 0) is 22.0 Å². The molecule has 1 aromatic carbocycles. The van der Waals surface area contributed by atoms with E-state index in [2.05, 4.69) is 20.9 Å². The van der Waals surface area contributed by atoms with E-state index in [1.807, 2.05) is 31.2 Å². The maximum atomic E-state index is 12.1. The number of nitrogens with zero attached hydrogens (tertiary/aromatic N) is 1. The van der Waals surface area contributed by atoms with E-state index in [1.54, 1.807) is 7.05 Å². The van der Waals surface area contributed by atoms with Gasteiger partial charge in [0, 0.05) is 47.5 Å². The Morgan fingerprint density at radius 2 is 1.88 bits per heavy atom. The van der Waals surface area contributed by atoms with Gasteiger partial charge in [0.05, 0.1) is 0 Å². The zero-order valence-electron chi connectivity index (χ0n) is 19.1. The van der Waals surface area contributed by atoms with Crippen molar-refractivity contribution < 1.29 is 13.7 Å². The van der Waals surface area contributed by atoms with E-state index in [1.165, 1.54) is 5.56 Å². The summed E-state index contributed by atoms with van der Waals surface area (Å²) in [5, 5.41) is 10.1. The van der Waals surface area contributed by atoms with Crippen molar-refractivity contribution in [3.63, 3.8) is 0 Å². The summed E-state index contributed by atoms with van der Waals surface area (Å²) in [5.74, 6) is 2.19. The molecule has 0 bridgehead atoms. The van der Waals surface area contributed by atoms with Crippen molar-refractivity contribution in [3.8, 4) is 5.75 Å². The van der Waals surface area contributed by atoms with E-state index in [9.17, 15) is 9.00 Å². The molecule has 7 nitrogen and oxygen atoms in total. The van der Waals surface area contributed by atoms with Crippen LogP contribution in [0.1, 0.15) is 51.0 Å². The van der Waals surface area contributed by atoms with Gasteiger partial charge in [-0.05, 0) is 56.2 Å². The van der Waals surface area contributed by atoms with Crippen molar-refractivity contribution in [1.82, 2.24) is 16.0 Å². The first-order valence-electron chi connectivity index (χ1n) is 11.4. The highest BCUT2D eigenvalue weighted by Crippen LogP contribution is 2.23. The van der Waals surface area contributed by atoms with Gasteiger partial charge in [-0.25, -0.2) is 0 Å². The Bertz CT molecular complexity index is 771. The first kappa shape index (κ1) is 26.9. The van der Waals surface area contributed by atoms with Crippen LogP contribution in [0.3, 0.4) is 0 Å². The number of aliphatic imine (C=N–C) groups is 1. The Morgan fingerprint density at radius 3 is 2.53 bits per heavy atom. The number of guanidine groups is 1. The second-order valence-electron chi connectivity index (χ2n) is 8.32. The van der Waals surface area contributed by atoms with Gasteiger partial charge in [-0.1, -0.05) is 25.5 Å². The van der Waals surface area contributed by atoms with Gasteiger partial charge in [-0.2, -0.15) is 0 Å². The number of hydrogen-bond donors (Lipinski definition) is 3. The molecular weight excluding hydrogens is 539 g/mol. The number of benzene rings is 1. The predicted octanol–water partition coefficient (Wildman–Crippen LogP) is 2.75. The van der Waals surface area contributed by atoms with Gasteiger partial charge in [-0.15, -0.1) is 24.0 Å². The molecule has 3 rings (SSSR count). The number of carbonyl (C=O) groups is 1. The molecule has 0 heterocycles. The van der Waals surface area contributed by atoms with E-state index in [-0.39, 0.29) is 36.5 Å². The SMILES string of the molecule is CCS(=O)C1CCCC(NC(=NC)NCCc2ccc(OCC(=O)NC3CC3)cc2)C1.I. The lowest BCUT2D eigenvalue weighted by Gasteiger charge is -2.30. The maximum Gasteiger partial charge on any atom is 0.258 e. The smallest absolute Gasteiger partial charge is 0.258 e. The molecule has 2 aliphatic rings. The van der Waals surface area contributed by atoms with E-state index in [0.29, 0.717) is 23.1 Å². The van der Waals surface area contributed by atoms with Gasteiger partial charge in [0.25, 0.3) is 5.91 Å². The summed E-state index contributed by atoms with van der Waals surface area (Å²) in [5.41, 5.74) is 1.19. The number of ether oxygens (including phenoxy) is 1. The Kier molecular flexibility index (Phi) is 11.8. The van der Waals surface area contributed by atoms with Gasteiger partial charge in [0.15, 0.2) is 12.6 Å². The van der Waals surface area contributed by atoms with Crippen molar-refractivity contribution in [1.29, 1.82) is 0 Å². The van der Waals surface area contributed by atoms with Gasteiger partial charge in [-0.3, -0.25) is 14.0 Å². The summed E-state index contributed by atoms with van der Waals surface area (Å²) in [6, 6.07) is 8.55. The first-order chi connectivity index (χ1) is 15.1. The molecule has 2 fully saturated rings. The Morgan fingerprint density at radius 1 is 1.12 bits per heavy atom. The molecule has 3 N–H and O–H groups in total. The van der Waals surface area contributed by atoms with Crippen LogP contribution < -0.4 is 20.7 Å². The van der Waals surface area contributed by atoms with Crippen molar-refractivity contribution in [2.45, 2.75) is 69.2 Å². The summed E-state index contributed by atoms with van der Waals surface area (Å²) in [4.78, 5) is 16.0. The lowest BCUT2D eigenvalue weighted by molar-refractivity contribution is -0.123. The minimum Gasteiger partial charge on any atom is -0.484 e. The molecule has 1 amide bonds. The van der Waals surface area contributed by atoms with E-state index in [4.69, 9.17) is 4.74 Å². The van der Waals surface area contributed by atoms with Crippen LogP contribution >= 0.6 is 24.0 Å². The molecule has 180 valence electrons. The van der Waals surface area contributed by atoms with E-state index in [0.717, 1.165) is 63.2 Å². The van der Waals surface area contributed by atoms with Crippen LogP contribution in [0.2, 0.25) is 0 Å². The molecule has 9 heteroatoms. The van der Waals surface area contributed by atoms with Crippen LogP contribution in [0.25, 0.3) is 0 Å². The summed E-state index contributed by atoms with van der Waals surface area (Å²) >= 11 is 0. The third-order valence-electron chi connectivity index (χ3n) is 5.79. The summed E-state index contributed by atoms with van der Waals surface area (Å²) in [6.45, 7) is 2.83. The topological polar surface area (TPSA) is 91.8 Å². The minimum absolute atomic E-state index is 0. The van der Waals surface area contributed by atoms with Crippen LogP contribution in [-0.4, -0.2) is 59.4 Å². The van der Waals surface area contributed by atoms with Crippen molar-refractivity contribution in [2.75, 3.05) is 26.0 Å². The molecular formula is C23H37IN4O3S. The molecule has 0 aliphatic heterocycles. The summed E-state index contributed by atoms with van der Waals surface area (Å²) < 4.78 is 17.7. The molecule has 0 spiro atoms. The fourth-order valence-corrected chi connectivity index (χ4v) is 5.21. The molecule has 0 aromatic heterocycles. The minimum atomic E-state index is -0.720. The molecule has 0 radical (unpaired) electrons. The zero-order chi connectivity index (χ0) is 22.1. The molecule has 32 heavy (non-hydrogen) atoms. The van der Waals surface area contributed by atoms with Crippen molar-refractivity contribution in [3.05, 3.63) is 29.8 Å². The zero-order valence-corrected chi connectivity index (χ0v) is 22.2. The normalized spacial score (nSPS) is 21.8. The molecule has 0 saturated heterocycles. The molecule has 2 aliphatic carbocycles. The highest BCUT2D eigenvalue weighted by Gasteiger charge is 2.26. The number of nitrogens with one attached hydrogen (secondary N) is 3. The molecule has 1 aromatic rings. The predicted molar refractivity (Wildman–Crippen MR) is 141 cm³/mol. The number of amides is 1. The van der Waals surface area contributed by atoms with Gasteiger partial charge < -0.3 is 20.7 Å². The molecule has 3 atom stereocenters.